The maximum Gasteiger partial charge on any atom is 0.337 e. The molecule has 3 rings (SSSR count). The van der Waals surface area contributed by atoms with Crippen LogP contribution in [-0.2, 0) is 18.7 Å². The molecule has 1 aromatic carbocycles. The van der Waals surface area contributed by atoms with Crippen molar-refractivity contribution in [2.24, 2.45) is 5.92 Å². The number of benzene rings is 1. The van der Waals surface area contributed by atoms with Gasteiger partial charge in [-0.3, -0.25) is 0 Å². The predicted molar refractivity (Wildman–Crippen MR) is 105 cm³/mol. The number of rotatable bonds is 5. The zero-order valence-corrected chi connectivity index (χ0v) is 17.1. The van der Waals surface area contributed by atoms with Crippen LogP contribution >= 0.6 is 0 Å². The minimum absolute atomic E-state index is 0.206. The Kier molecular flexibility index (Phi) is 5.39. The fourth-order valence-electron chi connectivity index (χ4n) is 3.86. The van der Waals surface area contributed by atoms with Gasteiger partial charge >= 0.3 is 5.97 Å². The van der Waals surface area contributed by atoms with Gasteiger partial charge in [-0.2, -0.15) is 0 Å². The summed E-state index contributed by atoms with van der Waals surface area (Å²) >= 11 is 0. The quantitative estimate of drug-likeness (QED) is 0.545. The zero-order chi connectivity index (χ0) is 18.8. The molecule has 0 radical (unpaired) electrons. The molecule has 0 N–H and O–H groups in total. The van der Waals surface area contributed by atoms with Crippen molar-refractivity contribution in [3.8, 4) is 0 Å². The first-order valence-corrected chi connectivity index (χ1v) is 12.7. The average Bonchev–Trinajstić information content (AvgIpc) is 2.99. The average molecular weight is 373 g/mol. The lowest BCUT2D eigenvalue weighted by Crippen LogP contribution is -2.49. The van der Waals surface area contributed by atoms with E-state index in [1.165, 1.54) is 7.11 Å². The van der Waals surface area contributed by atoms with E-state index in [4.69, 9.17) is 13.9 Å². The van der Waals surface area contributed by atoms with Gasteiger partial charge in [0.25, 0.3) is 0 Å². The lowest BCUT2D eigenvalue weighted by molar-refractivity contribution is -0.192. The topological polar surface area (TPSA) is 44.8 Å². The van der Waals surface area contributed by atoms with E-state index in [2.05, 4.69) is 19.6 Å². The molecule has 0 saturated heterocycles. The SMILES string of the molecule is COC(=O)C1=C(/C=C/c2ccccc2)OC2(O[Si](C)(C)C)CCCC2C1. The first kappa shape index (κ1) is 18.9. The van der Waals surface area contributed by atoms with E-state index >= 15 is 0 Å². The van der Waals surface area contributed by atoms with Crippen molar-refractivity contribution >= 4 is 20.4 Å². The largest absolute Gasteiger partial charge is 0.466 e. The summed E-state index contributed by atoms with van der Waals surface area (Å²) in [6, 6.07) is 9.99. The first-order valence-electron chi connectivity index (χ1n) is 9.27. The number of ether oxygens (including phenoxy) is 2. The van der Waals surface area contributed by atoms with Crippen molar-refractivity contribution in [2.45, 2.75) is 51.1 Å². The Balaban J connectivity index is 1.96. The highest BCUT2D eigenvalue weighted by atomic mass is 28.4. The van der Waals surface area contributed by atoms with Gasteiger partial charge in [-0.25, -0.2) is 4.79 Å². The third-order valence-electron chi connectivity index (χ3n) is 4.87. The molecule has 2 aliphatic rings. The van der Waals surface area contributed by atoms with Crippen molar-refractivity contribution in [2.75, 3.05) is 7.11 Å². The number of allylic oxidation sites excluding steroid dienone is 1. The van der Waals surface area contributed by atoms with Crippen LogP contribution in [0.3, 0.4) is 0 Å². The van der Waals surface area contributed by atoms with Crippen LogP contribution in [0, 0.1) is 5.92 Å². The fourth-order valence-corrected chi connectivity index (χ4v) is 5.20. The van der Waals surface area contributed by atoms with Gasteiger partial charge in [0, 0.05) is 12.3 Å². The summed E-state index contributed by atoms with van der Waals surface area (Å²) in [6.07, 6.45) is 7.44. The Labute approximate surface area is 157 Å². The molecule has 140 valence electrons. The summed E-state index contributed by atoms with van der Waals surface area (Å²) < 4.78 is 18.0. The Bertz CT molecular complexity index is 717. The molecule has 1 aliphatic heterocycles. The van der Waals surface area contributed by atoms with Gasteiger partial charge in [0.05, 0.1) is 12.7 Å². The molecule has 0 spiro atoms. The van der Waals surface area contributed by atoms with Crippen LogP contribution < -0.4 is 0 Å². The van der Waals surface area contributed by atoms with Gasteiger partial charge in [-0.15, -0.1) is 0 Å². The Morgan fingerprint density at radius 2 is 1.96 bits per heavy atom. The van der Waals surface area contributed by atoms with E-state index in [1.807, 2.05) is 42.5 Å². The molecule has 2 atom stereocenters. The van der Waals surface area contributed by atoms with Crippen LogP contribution in [0.4, 0.5) is 0 Å². The number of hydrogen-bond donors (Lipinski definition) is 0. The molecule has 2 unspecified atom stereocenters. The third kappa shape index (κ3) is 4.10. The van der Waals surface area contributed by atoms with Crippen molar-refractivity contribution < 1.29 is 18.7 Å². The molecule has 0 aromatic heterocycles. The molecule has 1 aliphatic carbocycles. The Morgan fingerprint density at radius 1 is 1.23 bits per heavy atom. The summed E-state index contributed by atoms with van der Waals surface area (Å²) in [7, 11) is -0.382. The normalized spacial score (nSPS) is 25.9. The number of hydrogen-bond acceptors (Lipinski definition) is 4. The van der Waals surface area contributed by atoms with Gasteiger partial charge in [0.1, 0.15) is 5.76 Å². The van der Waals surface area contributed by atoms with E-state index in [9.17, 15) is 4.79 Å². The van der Waals surface area contributed by atoms with Crippen LogP contribution in [-0.4, -0.2) is 27.2 Å². The second kappa shape index (κ2) is 7.41. The Hall–Kier alpha value is -1.85. The van der Waals surface area contributed by atoms with Gasteiger partial charge in [0.2, 0.25) is 5.79 Å². The van der Waals surface area contributed by atoms with Crippen molar-refractivity contribution in [3.63, 3.8) is 0 Å². The summed E-state index contributed by atoms with van der Waals surface area (Å²) in [4.78, 5) is 12.3. The van der Waals surface area contributed by atoms with E-state index in [1.54, 1.807) is 0 Å². The molecule has 4 nitrogen and oxygen atoms in total. The number of methoxy groups -OCH3 is 1. The number of esters is 1. The van der Waals surface area contributed by atoms with E-state index in [-0.39, 0.29) is 11.9 Å². The van der Waals surface area contributed by atoms with Gasteiger partial charge < -0.3 is 13.9 Å². The smallest absolute Gasteiger partial charge is 0.337 e. The standard InChI is InChI=1S/C21H28O4Si/c1-23-20(22)18-15-17-11-8-14-21(17,25-26(2,3)4)24-19(18)13-12-16-9-6-5-7-10-16/h5-7,9-10,12-13,17H,8,11,14-15H2,1-4H3/b13-12+. The van der Waals surface area contributed by atoms with Crippen LogP contribution in [0.5, 0.6) is 0 Å². The molecule has 26 heavy (non-hydrogen) atoms. The maximum absolute atomic E-state index is 12.3. The molecule has 5 heteroatoms. The Morgan fingerprint density at radius 3 is 2.62 bits per heavy atom. The predicted octanol–water partition coefficient (Wildman–Crippen LogP) is 4.90. The van der Waals surface area contributed by atoms with Crippen LogP contribution in [0.2, 0.25) is 19.6 Å². The van der Waals surface area contributed by atoms with Crippen molar-refractivity contribution in [3.05, 3.63) is 53.3 Å². The van der Waals surface area contributed by atoms with E-state index in [0.717, 1.165) is 24.8 Å². The van der Waals surface area contributed by atoms with Crippen molar-refractivity contribution in [1.29, 1.82) is 0 Å². The molecule has 0 bridgehead atoms. The molecule has 1 fully saturated rings. The highest BCUT2D eigenvalue weighted by Gasteiger charge is 2.52. The van der Waals surface area contributed by atoms with Crippen LogP contribution in [0.25, 0.3) is 6.08 Å². The monoisotopic (exact) mass is 372 g/mol. The molecule has 0 amide bonds. The number of fused-ring (bicyclic) bond motifs is 1. The number of carbonyl (C=O) groups excluding carboxylic acids is 1. The highest BCUT2D eigenvalue weighted by Crippen LogP contribution is 2.49. The minimum atomic E-state index is -1.80. The highest BCUT2D eigenvalue weighted by molar-refractivity contribution is 6.69. The van der Waals surface area contributed by atoms with Gasteiger partial charge in [-0.1, -0.05) is 36.4 Å². The molecule has 1 aromatic rings. The third-order valence-corrected chi connectivity index (χ3v) is 5.83. The second-order valence-corrected chi connectivity index (χ2v) is 12.4. The van der Waals surface area contributed by atoms with Crippen LogP contribution in [0.15, 0.2) is 47.7 Å². The number of carbonyl (C=O) groups is 1. The minimum Gasteiger partial charge on any atom is -0.466 e. The molecular weight excluding hydrogens is 344 g/mol. The van der Waals surface area contributed by atoms with Gasteiger partial charge in [-0.05, 0) is 50.5 Å². The van der Waals surface area contributed by atoms with Crippen LogP contribution in [0.1, 0.15) is 31.2 Å². The maximum atomic E-state index is 12.3. The molecule has 1 heterocycles. The van der Waals surface area contributed by atoms with Crippen molar-refractivity contribution in [1.82, 2.24) is 0 Å². The lowest BCUT2D eigenvalue weighted by Gasteiger charge is -2.44. The first-order chi connectivity index (χ1) is 12.3. The fraction of sp³-hybridized carbons (Fsp3) is 0.476. The molecule has 1 saturated carbocycles. The second-order valence-electron chi connectivity index (χ2n) is 8.00. The lowest BCUT2D eigenvalue weighted by atomic mass is 9.90. The summed E-state index contributed by atoms with van der Waals surface area (Å²) in [5, 5.41) is 0. The van der Waals surface area contributed by atoms with E-state index in [0.29, 0.717) is 17.8 Å². The molecular formula is C21H28O4Si. The van der Waals surface area contributed by atoms with Gasteiger partial charge in [0.15, 0.2) is 8.32 Å². The zero-order valence-electron chi connectivity index (χ0n) is 16.1. The van der Waals surface area contributed by atoms with E-state index < -0.39 is 14.1 Å². The summed E-state index contributed by atoms with van der Waals surface area (Å²) in [5.74, 6) is -0.126. The summed E-state index contributed by atoms with van der Waals surface area (Å²) in [5.41, 5.74) is 1.67. The summed E-state index contributed by atoms with van der Waals surface area (Å²) in [6.45, 7) is 6.54.